The van der Waals surface area contributed by atoms with Gasteiger partial charge in [0.1, 0.15) is 0 Å². The van der Waals surface area contributed by atoms with Crippen molar-refractivity contribution in [3.63, 3.8) is 0 Å². The van der Waals surface area contributed by atoms with E-state index in [1.165, 1.54) is 0 Å². The molecule has 108 valence electrons. The average Bonchev–Trinajstić information content (AvgIpc) is 2.43. The summed E-state index contributed by atoms with van der Waals surface area (Å²) in [4.78, 5) is 14.8. The highest BCUT2D eigenvalue weighted by Gasteiger charge is 2.39. The molecule has 0 aromatic heterocycles. The van der Waals surface area contributed by atoms with E-state index in [1.807, 2.05) is 25.1 Å². The first kappa shape index (κ1) is 13.9. The van der Waals surface area contributed by atoms with E-state index in [0.717, 1.165) is 55.0 Å². The van der Waals surface area contributed by atoms with Crippen LogP contribution in [0.25, 0.3) is 0 Å². The lowest BCUT2D eigenvalue weighted by atomic mass is 10.1. The number of halogens is 1. The molecule has 0 saturated carbocycles. The molecule has 1 N–H and O–H groups in total. The van der Waals surface area contributed by atoms with Gasteiger partial charge in [0.15, 0.2) is 6.54 Å². The lowest BCUT2D eigenvalue weighted by Gasteiger charge is -2.50. The van der Waals surface area contributed by atoms with Crippen molar-refractivity contribution < 1.29 is 9.28 Å². The van der Waals surface area contributed by atoms with Crippen LogP contribution in [0, 0.1) is 6.92 Å². The van der Waals surface area contributed by atoms with E-state index < -0.39 is 0 Å². The Balaban J connectivity index is 1.64. The number of anilines is 1. The van der Waals surface area contributed by atoms with E-state index in [4.69, 9.17) is 11.6 Å². The molecular weight excluding hydrogens is 274 g/mol. The van der Waals surface area contributed by atoms with Gasteiger partial charge in [0, 0.05) is 30.3 Å². The number of amides is 1. The summed E-state index contributed by atoms with van der Waals surface area (Å²) in [6, 6.07) is 5.57. The van der Waals surface area contributed by atoms with Crippen LogP contribution >= 0.6 is 11.6 Å². The number of aryl methyl sites for hydroxylation is 1. The van der Waals surface area contributed by atoms with E-state index >= 15 is 0 Å². The molecule has 3 heterocycles. The fourth-order valence-electron chi connectivity index (χ4n) is 3.23. The summed E-state index contributed by atoms with van der Waals surface area (Å²) >= 11 is 5.94. The number of hydrogen-bond donors (Lipinski definition) is 1. The number of quaternary nitrogens is 1. The topological polar surface area (TPSA) is 32.3 Å². The normalized spacial score (nSPS) is 28.4. The molecule has 3 aliphatic rings. The van der Waals surface area contributed by atoms with Crippen LogP contribution in [-0.2, 0) is 4.79 Å². The van der Waals surface area contributed by atoms with Crippen LogP contribution in [0.2, 0.25) is 5.02 Å². The highest BCUT2D eigenvalue weighted by atomic mass is 35.5. The van der Waals surface area contributed by atoms with Gasteiger partial charge in [0.05, 0.1) is 19.6 Å². The summed E-state index contributed by atoms with van der Waals surface area (Å²) < 4.78 is 0.953. The van der Waals surface area contributed by atoms with Crippen molar-refractivity contribution >= 4 is 23.2 Å². The Labute approximate surface area is 124 Å². The Hall–Kier alpha value is -1.10. The number of hydrogen-bond acceptors (Lipinski definition) is 2. The number of piperazine rings is 3. The zero-order chi connectivity index (χ0) is 14.2. The lowest BCUT2D eigenvalue weighted by molar-refractivity contribution is -0.933. The first-order valence-electron chi connectivity index (χ1n) is 7.20. The third kappa shape index (κ3) is 2.82. The maximum atomic E-state index is 12.3. The second kappa shape index (κ2) is 5.35. The van der Waals surface area contributed by atoms with Crippen LogP contribution in [0.4, 0.5) is 5.69 Å². The van der Waals surface area contributed by atoms with Gasteiger partial charge in [0.25, 0.3) is 5.91 Å². The second-order valence-electron chi connectivity index (χ2n) is 6.02. The fraction of sp³-hybridized carbons (Fsp3) is 0.533. The molecule has 4 rings (SSSR count). The van der Waals surface area contributed by atoms with E-state index in [0.29, 0.717) is 11.6 Å². The maximum Gasteiger partial charge on any atom is 0.279 e. The quantitative estimate of drug-likeness (QED) is 0.861. The molecule has 1 aromatic carbocycles. The molecule has 3 fully saturated rings. The monoisotopic (exact) mass is 294 g/mol. The van der Waals surface area contributed by atoms with Crippen LogP contribution in [0.1, 0.15) is 5.56 Å². The Morgan fingerprint density at radius 3 is 2.55 bits per heavy atom. The van der Waals surface area contributed by atoms with E-state index in [2.05, 4.69) is 10.2 Å². The molecule has 0 spiro atoms. The minimum atomic E-state index is 0.116. The molecule has 0 atom stereocenters. The second-order valence-corrected chi connectivity index (χ2v) is 6.46. The number of benzene rings is 1. The van der Waals surface area contributed by atoms with Crippen LogP contribution in [0.3, 0.4) is 0 Å². The highest BCUT2D eigenvalue weighted by Crippen LogP contribution is 2.22. The molecule has 3 saturated heterocycles. The molecule has 0 unspecified atom stereocenters. The molecule has 5 heteroatoms. The lowest BCUT2D eigenvalue weighted by Crippen LogP contribution is -2.68. The average molecular weight is 295 g/mol. The van der Waals surface area contributed by atoms with E-state index in [1.54, 1.807) is 0 Å². The number of rotatable bonds is 3. The van der Waals surface area contributed by atoms with Crippen LogP contribution in [-0.4, -0.2) is 61.1 Å². The molecule has 1 amide bonds. The van der Waals surface area contributed by atoms with Gasteiger partial charge in [-0.25, -0.2) is 0 Å². The summed E-state index contributed by atoms with van der Waals surface area (Å²) in [6.45, 7) is 9.27. The number of carbonyl (C=O) groups excluding carboxylic acids is 1. The molecule has 0 aliphatic carbocycles. The molecule has 1 aromatic rings. The first-order valence-corrected chi connectivity index (χ1v) is 7.58. The summed E-state index contributed by atoms with van der Waals surface area (Å²) in [6.07, 6.45) is 0. The number of fused-ring (bicyclic) bond motifs is 3. The minimum Gasteiger partial charge on any atom is -0.321 e. The molecule has 3 aliphatic heterocycles. The summed E-state index contributed by atoms with van der Waals surface area (Å²) in [7, 11) is 0. The highest BCUT2D eigenvalue weighted by molar-refractivity contribution is 6.30. The Kier molecular flexibility index (Phi) is 3.71. The SMILES string of the molecule is Cc1cc(Cl)ccc1NC(=O)C[N+]12CCN(CC1)CC2. The van der Waals surface area contributed by atoms with Crippen molar-refractivity contribution in [2.24, 2.45) is 0 Å². The van der Waals surface area contributed by atoms with Gasteiger partial charge in [-0.2, -0.15) is 0 Å². The predicted molar refractivity (Wildman–Crippen MR) is 81.0 cm³/mol. The molecular formula is C15H21ClN3O+. The smallest absolute Gasteiger partial charge is 0.279 e. The van der Waals surface area contributed by atoms with Crippen molar-refractivity contribution in [3.8, 4) is 0 Å². The van der Waals surface area contributed by atoms with Crippen molar-refractivity contribution in [2.75, 3.05) is 51.1 Å². The van der Waals surface area contributed by atoms with Crippen molar-refractivity contribution in [2.45, 2.75) is 6.92 Å². The van der Waals surface area contributed by atoms with Crippen molar-refractivity contribution in [3.05, 3.63) is 28.8 Å². The Morgan fingerprint density at radius 2 is 1.95 bits per heavy atom. The van der Waals surface area contributed by atoms with E-state index in [-0.39, 0.29) is 5.91 Å². The Morgan fingerprint density at radius 1 is 1.30 bits per heavy atom. The minimum absolute atomic E-state index is 0.116. The third-order valence-electron chi connectivity index (χ3n) is 4.61. The molecule has 20 heavy (non-hydrogen) atoms. The number of carbonyl (C=O) groups is 1. The fourth-order valence-corrected chi connectivity index (χ4v) is 3.46. The van der Waals surface area contributed by atoms with Gasteiger partial charge < -0.3 is 9.80 Å². The number of nitrogens with zero attached hydrogens (tertiary/aromatic N) is 2. The number of nitrogens with one attached hydrogen (secondary N) is 1. The molecule has 2 bridgehead atoms. The van der Waals surface area contributed by atoms with Gasteiger partial charge in [-0.1, -0.05) is 11.6 Å². The standard InChI is InChI=1S/C15H20ClN3O/c1-12-10-13(16)2-3-14(12)17-15(20)11-19-7-4-18(5-8-19)6-9-19/h2-3,10H,4-9,11H2,1H3/p+1. The van der Waals surface area contributed by atoms with Gasteiger partial charge in [-0.15, -0.1) is 0 Å². The summed E-state index contributed by atoms with van der Waals surface area (Å²) in [5.74, 6) is 0.116. The van der Waals surface area contributed by atoms with Crippen molar-refractivity contribution in [1.82, 2.24) is 4.90 Å². The maximum absolute atomic E-state index is 12.3. The van der Waals surface area contributed by atoms with Crippen molar-refractivity contribution in [1.29, 1.82) is 0 Å². The van der Waals surface area contributed by atoms with Crippen LogP contribution < -0.4 is 5.32 Å². The van der Waals surface area contributed by atoms with Crippen LogP contribution in [0.5, 0.6) is 0 Å². The van der Waals surface area contributed by atoms with Gasteiger partial charge in [0.2, 0.25) is 0 Å². The summed E-state index contributed by atoms with van der Waals surface area (Å²) in [5, 5.41) is 3.74. The predicted octanol–water partition coefficient (Wildman–Crippen LogP) is 1.73. The molecule has 0 radical (unpaired) electrons. The zero-order valence-corrected chi connectivity index (χ0v) is 12.6. The molecule has 4 nitrogen and oxygen atoms in total. The summed E-state index contributed by atoms with van der Waals surface area (Å²) in [5.41, 5.74) is 1.88. The van der Waals surface area contributed by atoms with Gasteiger partial charge >= 0.3 is 0 Å². The largest absolute Gasteiger partial charge is 0.321 e. The van der Waals surface area contributed by atoms with E-state index in [9.17, 15) is 4.79 Å². The third-order valence-corrected chi connectivity index (χ3v) is 4.85. The first-order chi connectivity index (χ1) is 9.56. The van der Waals surface area contributed by atoms with Gasteiger partial charge in [-0.05, 0) is 30.7 Å². The van der Waals surface area contributed by atoms with Gasteiger partial charge in [-0.3, -0.25) is 9.69 Å². The Bertz CT molecular complexity index is 510. The van der Waals surface area contributed by atoms with Crippen LogP contribution in [0.15, 0.2) is 18.2 Å². The zero-order valence-electron chi connectivity index (χ0n) is 11.9.